The van der Waals surface area contributed by atoms with Crippen LogP contribution in [0.1, 0.15) is 389 Å². The highest BCUT2D eigenvalue weighted by molar-refractivity contribution is 7.47. The number of rotatable bonds is 76. The van der Waals surface area contributed by atoms with Gasteiger partial charge in [-0.1, -0.05) is 336 Å². The van der Waals surface area contributed by atoms with Crippen molar-refractivity contribution >= 4 is 39.5 Å². The first-order chi connectivity index (χ1) is 47.7. The van der Waals surface area contributed by atoms with Gasteiger partial charge < -0.3 is 33.8 Å². The number of ether oxygens (including phenoxy) is 4. The van der Waals surface area contributed by atoms with Crippen LogP contribution in [0.15, 0.2) is 24.3 Å². The number of aliphatic hydroxyl groups excluding tert-OH is 1. The van der Waals surface area contributed by atoms with Gasteiger partial charge >= 0.3 is 39.5 Å². The number of carbonyl (C=O) groups excluding carboxylic acids is 4. The molecule has 3 N–H and O–H groups in total. The maximum absolute atomic E-state index is 13.1. The second-order valence-corrected chi connectivity index (χ2v) is 32.5. The first-order valence-electron chi connectivity index (χ1n) is 40.7. The maximum atomic E-state index is 13.1. The fraction of sp³-hybridized carbons (Fsp3) is 0.900. The lowest BCUT2D eigenvalue weighted by Crippen LogP contribution is -2.30. The molecule has 0 saturated heterocycles. The molecule has 0 aromatic carbocycles. The number of phosphoric acid groups is 2. The first-order valence-corrected chi connectivity index (χ1v) is 43.7. The summed E-state index contributed by atoms with van der Waals surface area (Å²) < 4.78 is 68.6. The number of aliphatic hydroxyl groups is 1. The molecule has 0 aromatic rings. The van der Waals surface area contributed by atoms with E-state index in [1.54, 1.807) is 0 Å². The van der Waals surface area contributed by atoms with Crippen molar-refractivity contribution < 1.29 is 80.2 Å². The van der Waals surface area contributed by atoms with Gasteiger partial charge in [0.2, 0.25) is 0 Å². The summed E-state index contributed by atoms with van der Waals surface area (Å²) in [7, 11) is -9.93. The molecule has 0 aromatic heterocycles. The van der Waals surface area contributed by atoms with Crippen molar-refractivity contribution in [2.75, 3.05) is 39.6 Å². The molecule has 0 aliphatic carbocycles. The Kier molecular flexibility index (Phi) is 68.1. The number of hydrogen-bond donors (Lipinski definition) is 3. The zero-order chi connectivity index (χ0) is 73.0. The lowest BCUT2D eigenvalue weighted by atomic mass is 10.0. The minimum absolute atomic E-state index is 0.0841. The topological polar surface area (TPSA) is 237 Å². The van der Waals surface area contributed by atoms with E-state index in [-0.39, 0.29) is 25.7 Å². The third-order valence-electron chi connectivity index (χ3n) is 18.0. The summed E-state index contributed by atoms with van der Waals surface area (Å²) >= 11 is 0. The molecule has 0 radical (unpaired) electrons. The molecular formula is C80H152O17P2. The summed E-state index contributed by atoms with van der Waals surface area (Å²) in [4.78, 5) is 72.9. The van der Waals surface area contributed by atoms with Crippen molar-refractivity contribution in [2.45, 2.75) is 407 Å². The lowest BCUT2D eigenvalue weighted by Gasteiger charge is -2.21. The van der Waals surface area contributed by atoms with Crippen LogP contribution in [-0.2, 0) is 65.4 Å². The molecule has 0 saturated carbocycles. The first kappa shape index (κ1) is 96.5. The Balaban J connectivity index is 5.26. The third kappa shape index (κ3) is 73.6. The summed E-state index contributed by atoms with van der Waals surface area (Å²) in [6, 6.07) is 0. The van der Waals surface area contributed by atoms with Gasteiger partial charge in [-0.25, -0.2) is 9.13 Å². The molecule has 99 heavy (non-hydrogen) atoms. The summed E-state index contributed by atoms with van der Waals surface area (Å²) in [6.07, 6.45) is 60.6. The van der Waals surface area contributed by atoms with E-state index >= 15 is 0 Å². The quantitative estimate of drug-likeness (QED) is 0.0169. The summed E-state index contributed by atoms with van der Waals surface area (Å²) in [5.74, 6) is 0.144. The number of unbranched alkanes of at least 4 members (excludes halogenated alkanes) is 41. The van der Waals surface area contributed by atoms with Gasteiger partial charge in [-0.2, -0.15) is 0 Å². The number of phosphoric ester groups is 2. The van der Waals surface area contributed by atoms with Crippen molar-refractivity contribution in [1.29, 1.82) is 0 Å². The van der Waals surface area contributed by atoms with Gasteiger partial charge in [-0.3, -0.25) is 37.3 Å². The van der Waals surface area contributed by atoms with E-state index < -0.39 is 97.5 Å². The van der Waals surface area contributed by atoms with Gasteiger partial charge in [0.25, 0.3) is 0 Å². The predicted octanol–water partition coefficient (Wildman–Crippen LogP) is 23.3. The van der Waals surface area contributed by atoms with E-state index in [2.05, 4.69) is 72.8 Å². The van der Waals surface area contributed by atoms with Gasteiger partial charge in [0, 0.05) is 25.7 Å². The number of carbonyl (C=O) groups is 4. The van der Waals surface area contributed by atoms with Crippen LogP contribution in [0.3, 0.4) is 0 Å². The van der Waals surface area contributed by atoms with Crippen LogP contribution in [0.2, 0.25) is 0 Å². The third-order valence-corrected chi connectivity index (χ3v) is 19.9. The predicted molar refractivity (Wildman–Crippen MR) is 404 cm³/mol. The Morgan fingerprint density at radius 1 is 0.313 bits per heavy atom. The normalized spacial score (nSPS) is 14.2. The molecule has 0 spiro atoms. The fourth-order valence-corrected chi connectivity index (χ4v) is 13.3. The van der Waals surface area contributed by atoms with Crippen molar-refractivity contribution in [3.8, 4) is 0 Å². The smallest absolute Gasteiger partial charge is 0.462 e. The Hall–Kier alpha value is -2.46. The monoisotopic (exact) mass is 1450 g/mol. The van der Waals surface area contributed by atoms with Gasteiger partial charge in [0.05, 0.1) is 26.4 Å². The fourth-order valence-electron chi connectivity index (χ4n) is 11.8. The average molecular weight is 1450 g/mol. The summed E-state index contributed by atoms with van der Waals surface area (Å²) in [6.45, 7) is 11.8. The van der Waals surface area contributed by atoms with E-state index in [1.165, 1.54) is 180 Å². The molecule has 0 amide bonds. The molecule has 17 nitrogen and oxygen atoms in total. The van der Waals surface area contributed by atoms with Crippen molar-refractivity contribution in [2.24, 2.45) is 17.8 Å². The molecule has 0 fully saturated rings. The average Bonchev–Trinajstić information content (AvgIpc) is 1.02. The van der Waals surface area contributed by atoms with Gasteiger partial charge in [0.15, 0.2) is 12.2 Å². The Labute approximate surface area is 605 Å². The highest BCUT2D eigenvalue weighted by atomic mass is 31.2. The summed E-state index contributed by atoms with van der Waals surface area (Å²) in [5.41, 5.74) is 0. The van der Waals surface area contributed by atoms with E-state index in [9.17, 15) is 43.2 Å². The molecule has 0 heterocycles. The maximum Gasteiger partial charge on any atom is 0.472 e. The number of hydrogen-bond acceptors (Lipinski definition) is 15. The van der Waals surface area contributed by atoms with E-state index in [4.69, 9.17) is 37.0 Å². The highest BCUT2D eigenvalue weighted by Gasteiger charge is 2.30. The largest absolute Gasteiger partial charge is 0.472 e. The molecule has 584 valence electrons. The van der Waals surface area contributed by atoms with Crippen LogP contribution in [0.25, 0.3) is 0 Å². The summed E-state index contributed by atoms with van der Waals surface area (Å²) in [5, 5.41) is 10.6. The van der Waals surface area contributed by atoms with Crippen molar-refractivity contribution in [1.82, 2.24) is 0 Å². The van der Waals surface area contributed by atoms with Gasteiger partial charge in [-0.15, -0.1) is 0 Å². The molecule has 5 atom stereocenters. The van der Waals surface area contributed by atoms with Crippen LogP contribution in [0.5, 0.6) is 0 Å². The van der Waals surface area contributed by atoms with Crippen LogP contribution >= 0.6 is 15.6 Å². The van der Waals surface area contributed by atoms with Crippen LogP contribution in [0, 0.1) is 17.8 Å². The second-order valence-electron chi connectivity index (χ2n) is 29.5. The van der Waals surface area contributed by atoms with Crippen LogP contribution in [0.4, 0.5) is 0 Å². The zero-order valence-corrected chi connectivity index (χ0v) is 66.2. The lowest BCUT2D eigenvalue weighted by molar-refractivity contribution is -0.161. The Bertz CT molecular complexity index is 2020. The van der Waals surface area contributed by atoms with Crippen LogP contribution in [-0.4, -0.2) is 96.7 Å². The molecule has 0 bridgehead atoms. The molecule has 0 aliphatic heterocycles. The van der Waals surface area contributed by atoms with Crippen LogP contribution < -0.4 is 0 Å². The molecule has 0 rings (SSSR count). The van der Waals surface area contributed by atoms with E-state index in [0.717, 1.165) is 121 Å². The Morgan fingerprint density at radius 2 is 0.545 bits per heavy atom. The van der Waals surface area contributed by atoms with Crippen molar-refractivity contribution in [3.05, 3.63) is 24.3 Å². The minimum atomic E-state index is -4.97. The second kappa shape index (κ2) is 69.9. The van der Waals surface area contributed by atoms with Gasteiger partial charge in [-0.05, 0) is 69.1 Å². The molecule has 0 aliphatic rings. The number of esters is 4. The minimum Gasteiger partial charge on any atom is -0.462 e. The van der Waals surface area contributed by atoms with E-state index in [1.807, 2.05) is 0 Å². The van der Waals surface area contributed by atoms with E-state index in [0.29, 0.717) is 31.6 Å². The molecule has 3 unspecified atom stereocenters. The molecule has 19 heteroatoms. The van der Waals surface area contributed by atoms with Gasteiger partial charge in [0.1, 0.15) is 19.3 Å². The Morgan fingerprint density at radius 3 is 0.818 bits per heavy atom. The van der Waals surface area contributed by atoms with Crippen molar-refractivity contribution in [3.63, 3.8) is 0 Å². The standard InChI is InChI=1S/C80H152O17P2/c1-8-9-10-11-12-13-14-15-18-23-29-34-41-49-56-63-79(84)97-76(68-91-78(83)62-55-48-43-36-39-46-53-60-73(6)7)70-95-99(88,89)93-66-74(81)65-92-98(86,87)94-69-75(96-80(85)64-57-50-42-35-30-25-24-27-32-38-45-52-59-72(4)5)67-90-77(82)61-54-47-40-33-28-22-20-17-16-19-21-26-31-37-44-51-58-71(2)3/h13-15,18,71-76,81H,8-12,16-17,19-70H2,1-7H3,(H,86,87)(H,88,89)/b14-13-,18-15-/t74?,75-,76-/m1/s1. The molecular weight excluding hydrogens is 1290 g/mol. The SMILES string of the molecule is CCCCCC/C=C\C=C/CCCCCCCC(=O)O[C@H](COC(=O)CCCCCCCCCC(C)C)COP(=O)(O)OCC(O)COP(=O)(O)OC[C@@H](COC(=O)CCCCCCCCCCCCCCCCCCC(C)C)OC(=O)CCCCCCCCCCCCCCC(C)C. The number of allylic oxidation sites excluding steroid dienone is 4. The zero-order valence-electron chi connectivity index (χ0n) is 64.4. The highest BCUT2D eigenvalue weighted by Crippen LogP contribution is 2.45.